The number of carbonyl (C=O) groups is 2. The van der Waals surface area contributed by atoms with Crippen LogP contribution in [0.3, 0.4) is 0 Å². The molecule has 1 heterocycles. The number of methoxy groups -OCH3 is 1. The smallest absolute Gasteiger partial charge is 0.328 e. The lowest BCUT2D eigenvalue weighted by Gasteiger charge is -2.25. The fourth-order valence-corrected chi connectivity index (χ4v) is 3.33. The summed E-state index contributed by atoms with van der Waals surface area (Å²) in [5, 5.41) is 7.21. The zero-order valence-electron chi connectivity index (χ0n) is 15.2. The molecular formula is C18H29N3O3. The highest BCUT2D eigenvalue weighted by Gasteiger charge is 2.28. The van der Waals surface area contributed by atoms with Crippen molar-refractivity contribution in [2.75, 3.05) is 7.11 Å². The highest BCUT2D eigenvalue weighted by atomic mass is 16.5. The number of carbonyl (C=O) groups excluding carboxylic acids is 2. The van der Waals surface area contributed by atoms with Crippen molar-refractivity contribution in [3.63, 3.8) is 0 Å². The zero-order chi connectivity index (χ0) is 17.7. The molecule has 6 heteroatoms. The molecule has 0 radical (unpaired) electrons. The SMILES string of the molecule is COC(=O)[C@@H](CC1CCCCC1)NC(=O)c1cc(C(C)C)nn1C. The largest absolute Gasteiger partial charge is 0.467 e. The summed E-state index contributed by atoms with van der Waals surface area (Å²) in [6.45, 7) is 4.06. The van der Waals surface area contributed by atoms with E-state index in [0.717, 1.165) is 18.5 Å². The molecule has 6 nitrogen and oxygen atoms in total. The Morgan fingerprint density at radius 2 is 2.00 bits per heavy atom. The van der Waals surface area contributed by atoms with Crippen LogP contribution in [0, 0.1) is 5.92 Å². The number of amides is 1. The molecule has 1 atom stereocenters. The van der Waals surface area contributed by atoms with Gasteiger partial charge in [-0.3, -0.25) is 9.48 Å². The van der Waals surface area contributed by atoms with Crippen molar-refractivity contribution in [2.45, 2.75) is 64.3 Å². The third-order valence-electron chi connectivity index (χ3n) is 4.81. The summed E-state index contributed by atoms with van der Waals surface area (Å²) in [6.07, 6.45) is 6.54. The second-order valence-electron chi connectivity index (χ2n) is 7.02. The van der Waals surface area contributed by atoms with Crippen LogP contribution in [0.1, 0.15) is 74.5 Å². The summed E-state index contributed by atoms with van der Waals surface area (Å²) in [5.74, 6) is 0.0700. The van der Waals surface area contributed by atoms with Crippen molar-refractivity contribution in [1.82, 2.24) is 15.1 Å². The molecule has 1 amide bonds. The number of nitrogens with zero attached hydrogens (tertiary/aromatic N) is 2. The maximum atomic E-state index is 12.6. The second-order valence-corrected chi connectivity index (χ2v) is 7.02. The number of aryl methyl sites for hydroxylation is 1. The molecule has 24 heavy (non-hydrogen) atoms. The Bertz CT molecular complexity index is 574. The van der Waals surface area contributed by atoms with Crippen LogP contribution >= 0.6 is 0 Å². The standard InChI is InChI=1S/C18H29N3O3/c1-12(2)14-11-16(21(3)20-14)17(22)19-15(18(23)24-4)10-13-8-6-5-7-9-13/h11-13,15H,5-10H2,1-4H3,(H,19,22)/t15-/m1/s1. The minimum absolute atomic E-state index is 0.247. The minimum atomic E-state index is -0.594. The summed E-state index contributed by atoms with van der Waals surface area (Å²) in [7, 11) is 3.11. The molecule has 0 spiro atoms. The zero-order valence-corrected chi connectivity index (χ0v) is 15.2. The first-order valence-electron chi connectivity index (χ1n) is 8.85. The minimum Gasteiger partial charge on any atom is -0.467 e. The van der Waals surface area contributed by atoms with E-state index in [9.17, 15) is 9.59 Å². The van der Waals surface area contributed by atoms with Gasteiger partial charge in [-0.2, -0.15) is 5.10 Å². The van der Waals surface area contributed by atoms with Crippen LogP contribution in [0.2, 0.25) is 0 Å². The first kappa shape index (κ1) is 18.5. The second kappa shape index (κ2) is 8.31. The molecule has 1 saturated carbocycles. The van der Waals surface area contributed by atoms with Gasteiger partial charge in [0, 0.05) is 7.05 Å². The van der Waals surface area contributed by atoms with Gasteiger partial charge in [-0.05, 0) is 24.3 Å². The Kier molecular flexibility index (Phi) is 6.40. The molecule has 1 aromatic heterocycles. The number of esters is 1. The number of hydrogen-bond acceptors (Lipinski definition) is 4. The van der Waals surface area contributed by atoms with Gasteiger partial charge < -0.3 is 10.1 Å². The van der Waals surface area contributed by atoms with Crippen LogP contribution in [-0.4, -0.2) is 34.8 Å². The van der Waals surface area contributed by atoms with E-state index in [1.807, 2.05) is 13.8 Å². The molecule has 0 aliphatic heterocycles. The topological polar surface area (TPSA) is 73.2 Å². The van der Waals surface area contributed by atoms with E-state index in [2.05, 4.69) is 10.4 Å². The number of rotatable bonds is 6. The Balaban J connectivity index is 2.07. The van der Waals surface area contributed by atoms with Crippen LogP contribution < -0.4 is 5.32 Å². The summed E-state index contributed by atoms with van der Waals surface area (Å²) < 4.78 is 6.46. The molecule has 0 bridgehead atoms. The average molecular weight is 335 g/mol. The van der Waals surface area contributed by atoms with Gasteiger partial charge in [0.2, 0.25) is 0 Å². The molecular weight excluding hydrogens is 306 g/mol. The van der Waals surface area contributed by atoms with Gasteiger partial charge >= 0.3 is 5.97 Å². The molecule has 1 fully saturated rings. The lowest BCUT2D eigenvalue weighted by atomic mass is 9.85. The molecule has 1 aliphatic carbocycles. The van der Waals surface area contributed by atoms with E-state index >= 15 is 0 Å². The highest BCUT2D eigenvalue weighted by molar-refractivity contribution is 5.95. The van der Waals surface area contributed by atoms with Gasteiger partial charge in [-0.15, -0.1) is 0 Å². The lowest BCUT2D eigenvalue weighted by Crippen LogP contribution is -2.43. The van der Waals surface area contributed by atoms with Crippen molar-refractivity contribution < 1.29 is 14.3 Å². The molecule has 1 aliphatic rings. The predicted octanol–water partition coefficient (Wildman–Crippen LogP) is 2.79. The molecule has 0 saturated heterocycles. The fourth-order valence-electron chi connectivity index (χ4n) is 3.33. The van der Waals surface area contributed by atoms with E-state index in [-0.39, 0.29) is 17.8 Å². The lowest BCUT2D eigenvalue weighted by molar-refractivity contribution is -0.143. The Labute approximate surface area is 143 Å². The molecule has 2 rings (SSSR count). The predicted molar refractivity (Wildman–Crippen MR) is 91.8 cm³/mol. The third-order valence-corrected chi connectivity index (χ3v) is 4.81. The first-order chi connectivity index (χ1) is 11.4. The van der Waals surface area contributed by atoms with Gasteiger partial charge in [0.05, 0.1) is 12.8 Å². The monoisotopic (exact) mass is 335 g/mol. The first-order valence-corrected chi connectivity index (χ1v) is 8.85. The molecule has 134 valence electrons. The van der Waals surface area contributed by atoms with Gasteiger partial charge in [-0.25, -0.2) is 4.79 Å². The number of nitrogens with one attached hydrogen (secondary N) is 1. The van der Waals surface area contributed by atoms with Gasteiger partial charge in [-0.1, -0.05) is 46.0 Å². The Morgan fingerprint density at radius 1 is 1.33 bits per heavy atom. The molecule has 1 aromatic rings. The maximum absolute atomic E-state index is 12.6. The van der Waals surface area contributed by atoms with E-state index in [1.165, 1.54) is 26.4 Å². The van der Waals surface area contributed by atoms with Gasteiger partial charge in [0.1, 0.15) is 11.7 Å². The van der Waals surface area contributed by atoms with Crippen molar-refractivity contribution in [2.24, 2.45) is 13.0 Å². The van der Waals surface area contributed by atoms with Crippen LogP contribution in [0.4, 0.5) is 0 Å². The molecule has 0 aromatic carbocycles. The number of hydrogen-bond donors (Lipinski definition) is 1. The maximum Gasteiger partial charge on any atom is 0.328 e. The van der Waals surface area contributed by atoms with Gasteiger partial charge in [0.25, 0.3) is 5.91 Å². The number of aromatic nitrogens is 2. The normalized spacial score (nSPS) is 16.9. The fraction of sp³-hybridized carbons (Fsp3) is 0.722. The Hall–Kier alpha value is -1.85. The summed E-state index contributed by atoms with van der Waals surface area (Å²) in [5.41, 5.74) is 1.33. The Morgan fingerprint density at radius 3 is 2.54 bits per heavy atom. The highest BCUT2D eigenvalue weighted by Crippen LogP contribution is 2.27. The average Bonchev–Trinajstić information content (AvgIpc) is 2.96. The van der Waals surface area contributed by atoms with Crippen LogP contribution in [0.25, 0.3) is 0 Å². The van der Waals surface area contributed by atoms with Crippen molar-refractivity contribution in [3.05, 3.63) is 17.5 Å². The van der Waals surface area contributed by atoms with Crippen molar-refractivity contribution in [3.8, 4) is 0 Å². The number of ether oxygens (including phenoxy) is 1. The van der Waals surface area contributed by atoms with Crippen LogP contribution in [-0.2, 0) is 16.6 Å². The van der Waals surface area contributed by atoms with Crippen LogP contribution in [0.15, 0.2) is 6.07 Å². The summed E-state index contributed by atoms with van der Waals surface area (Å²) in [6, 6.07) is 1.19. The molecule has 1 N–H and O–H groups in total. The van der Waals surface area contributed by atoms with Crippen LogP contribution in [0.5, 0.6) is 0 Å². The van der Waals surface area contributed by atoms with E-state index in [4.69, 9.17) is 4.74 Å². The van der Waals surface area contributed by atoms with Crippen molar-refractivity contribution >= 4 is 11.9 Å². The summed E-state index contributed by atoms with van der Waals surface area (Å²) >= 11 is 0. The van der Waals surface area contributed by atoms with E-state index < -0.39 is 6.04 Å². The van der Waals surface area contributed by atoms with Gasteiger partial charge in [0.15, 0.2) is 0 Å². The third kappa shape index (κ3) is 4.58. The van der Waals surface area contributed by atoms with E-state index in [0.29, 0.717) is 18.0 Å². The molecule has 0 unspecified atom stereocenters. The van der Waals surface area contributed by atoms with Crippen molar-refractivity contribution in [1.29, 1.82) is 0 Å². The van der Waals surface area contributed by atoms with E-state index in [1.54, 1.807) is 17.8 Å². The summed E-state index contributed by atoms with van der Waals surface area (Å²) in [4.78, 5) is 24.7. The quantitative estimate of drug-likeness (QED) is 0.811.